The minimum atomic E-state index is -0.331. The molecule has 6 nitrogen and oxygen atoms in total. The van der Waals surface area contributed by atoms with E-state index in [1.165, 1.54) is 6.92 Å². The summed E-state index contributed by atoms with van der Waals surface area (Å²) in [4.78, 5) is 23.3. The third kappa shape index (κ3) is 4.92. The largest absolute Gasteiger partial charge is 0.326 e. The monoisotopic (exact) mass is 408 g/mol. The summed E-state index contributed by atoms with van der Waals surface area (Å²) in [5, 5.41) is 7.43. The number of hydrogen-bond acceptors (Lipinski definition) is 3. The molecule has 0 unspecified atom stereocenters. The number of hydrogen-bond donors (Lipinski definition) is 2. The molecule has 0 aliphatic rings. The molecule has 0 radical (unpaired) electrons. The Labute approximate surface area is 174 Å². The van der Waals surface area contributed by atoms with Crippen LogP contribution in [0, 0.1) is 13.8 Å². The average molecular weight is 409 g/mol. The molecule has 2 amide bonds. The van der Waals surface area contributed by atoms with E-state index in [9.17, 15) is 9.59 Å². The van der Waals surface area contributed by atoms with Gasteiger partial charge in [0, 0.05) is 45.8 Å². The van der Waals surface area contributed by atoms with Crippen LogP contribution in [0.15, 0.2) is 59.7 Å². The van der Waals surface area contributed by atoms with Gasteiger partial charge in [-0.1, -0.05) is 11.6 Å². The first-order valence-electron chi connectivity index (χ1n) is 9.01. The lowest BCUT2D eigenvalue weighted by Gasteiger charge is -2.09. The quantitative estimate of drug-likeness (QED) is 0.482. The first-order valence-corrected chi connectivity index (χ1v) is 9.39. The van der Waals surface area contributed by atoms with E-state index in [1.807, 2.05) is 44.2 Å². The van der Waals surface area contributed by atoms with Crippen LogP contribution in [0.1, 0.15) is 34.2 Å². The highest BCUT2D eigenvalue weighted by molar-refractivity contribution is 6.30. The molecule has 3 aromatic rings. The van der Waals surface area contributed by atoms with Crippen LogP contribution in [0.5, 0.6) is 0 Å². The Morgan fingerprint density at radius 3 is 2.31 bits per heavy atom. The predicted octanol–water partition coefficient (Wildman–Crippen LogP) is 4.47. The minimum Gasteiger partial charge on any atom is -0.326 e. The molecular formula is C22H21ClN4O2. The molecule has 148 valence electrons. The summed E-state index contributed by atoms with van der Waals surface area (Å²) in [5.74, 6) is -0.495. The number of carbonyl (C=O) groups is 2. The molecule has 0 saturated carbocycles. The lowest BCUT2D eigenvalue weighted by molar-refractivity contribution is -0.114. The minimum absolute atomic E-state index is 0.164. The van der Waals surface area contributed by atoms with Crippen LogP contribution in [0.3, 0.4) is 0 Å². The van der Waals surface area contributed by atoms with Gasteiger partial charge in [-0.25, -0.2) is 5.43 Å². The summed E-state index contributed by atoms with van der Waals surface area (Å²) in [7, 11) is 0. The lowest BCUT2D eigenvalue weighted by Crippen LogP contribution is -2.17. The number of rotatable bonds is 5. The van der Waals surface area contributed by atoms with Gasteiger partial charge in [0.05, 0.1) is 6.21 Å². The standard InChI is InChI=1S/C22H21ClN4O2/c1-14-12-18(15(2)27(14)21-10-6-19(23)7-11-21)13-24-26-22(29)17-4-8-20(9-5-17)25-16(3)28/h4-13H,1-3H3,(H,25,28)(H,26,29)/b24-13-. The summed E-state index contributed by atoms with van der Waals surface area (Å²) in [6, 6.07) is 16.2. The Kier molecular flexibility index (Phi) is 6.14. The van der Waals surface area contributed by atoms with Crippen molar-refractivity contribution in [2.45, 2.75) is 20.8 Å². The molecule has 1 heterocycles. The van der Waals surface area contributed by atoms with Gasteiger partial charge in [0.25, 0.3) is 5.91 Å². The van der Waals surface area contributed by atoms with Gasteiger partial charge in [-0.05, 0) is 68.4 Å². The summed E-state index contributed by atoms with van der Waals surface area (Å²) >= 11 is 5.97. The highest BCUT2D eigenvalue weighted by Crippen LogP contribution is 2.21. The maximum Gasteiger partial charge on any atom is 0.271 e. The summed E-state index contributed by atoms with van der Waals surface area (Å²) < 4.78 is 2.10. The number of benzene rings is 2. The van der Waals surface area contributed by atoms with Crippen molar-refractivity contribution in [3.63, 3.8) is 0 Å². The van der Waals surface area contributed by atoms with E-state index >= 15 is 0 Å². The van der Waals surface area contributed by atoms with Gasteiger partial charge < -0.3 is 9.88 Å². The molecule has 2 N–H and O–H groups in total. The van der Waals surface area contributed by atoms with Gasteiger partial charge in [-0.15, -0.1) is 0 Å². The van der Waals surface area contributed by atoms with Crippen LogP contribution in [0.2, 0.25) is 5.02 Å². The molecule has 29 heavy (non-hydrogen) atoms. The number of anilines is 1. The van der Waals surface area contributed by atoms with E-state index < -0.39 is 0 Å². The van der Waals surface area contributed by atoms with Gasteiger partial charge in [0.15, 0.2) is 0 Å². The second-order valence-electron chi connectivity index (χ2n) is 6.60. The van der Waals surface area contributed by atoms with Crippen molar-refractivity contribution in [1.29, 1.82) is 0 Å². The smallest absolute Gasteiger partial charge is 0.271 e. The van der Waals surface area contributed by atoms with E-state index in [0.29, 0.717) is 16.3 Å². The summed E-state index contributed by atoms with van der Waals surface area (Å²) in [5.41, 5.74) is 7.56. The fraction of sp³-hybridized carbons (Fsp3) is 0.136. The zero-order chi connectivity index (χ0) is 21.0. The Morgan fingerprint density at radius 2 is 1.69 bits per heavy atom. The summed E-state index contributed by atoms with van der Waals surface area (Å²) in [6.07, 6.45) is 1.62. The van der Waals surface area contributed by atoms with Crippen molar-refractivity contribution < 1.29 is 9.59 Å². The van der Waals surface area contributed by atoms with E-state index in [2.05, 4.69) is 20.4 Å². The Bertz CT molecular complexity index is 1070. The molecule has 3 rings (SSSR count). The Balaban J connectivity index is 1.70. The second-order valence-corrected chi connectivity index (χ2v) is 7.03. The van der Waals surface area contributed by atoms with Gasteiger partial charge >= 0.3 is 0 Å². The number of amides is 2. The molecule has 0 aliphatic heterocycles. The molecule has 1 aromatic heterocycles. The second kappa shape index (κ2) is 8.75. The predicted molar refractivity (Wildman–Crippen MR) is 116 cm³/mol. The number of aromatic nitrogens is 1. The molecule has 2 aromatic carbocycles. The number of hydrazone groups is 1. The van der Waals surface area contributed by atoms with Gasteiger partial charge in [-0.2, -0.15) is 5.10 Å². The van der Waals surface area contributed by atoms with E-state index in [4.69, 9.17) is 11.6 Å². The third-order valence-corrected chi connectivity index (χ3v) is 4.64. The van der Waals surface area contributed by atoms with E-state index in [0.717, 1.165) is 22.6 Å². The van der Waals surface area contributed by atoms with Crippen LogP contribution in [0.4, 0.5) is 5.69 Å². The maximum atomic E-state index is 12.2. The van der Waals surface area contributed by atoms with Crippen molar-refractivity contribution in [2.24, 2.45) is 5.10 Å². The van der Waals surface area contributed by atoms with Crippen molar-refractivity contribution in [3.05, 3.63) is 82.1 Å². The highest BCUT2D eigenvalue weighted by atomic mass is 35.5. The zero-order valence-corrected chi connectivity index (χ0v) is 17.1. The molecule has 0 atom stereocenters. The number of nitrogens with one attached hydrogen (secondary N) is 2. The SMILES string of the molecule is CC(=O)Nc1ccc(C(=O)N/N=C\c2cc(C)n(-c3ccc(Cl)cc3)c2C)cc1. The van der Waals surface area contributed by atoms with E-state index in [-0.39, 0.29) is 11.8 Å². The molecule has 0 spiro atoms. The van der Waals surface area contributed by atoms with Crippen LogP contribution in [-0.2, 0) is 4.79 Å². The van der Waals surface area contributed by atoms with Crippen LogP contribution in [-0.4, -0.2) is 22.6 Å². The van der Waals surface area contributed by atoms with Crippen LogP contribution < -0.4 is 10.7 Å². The van der Waals surface area contributed by atoms with Crippen LogP contribution in [0.25, 0.3) is 5.69 Å². The molecule has 0 bridgehead atoms. The summed E-state index contributed by atoms with van der Waals surface area (Å²) in [6.45, 7) is 5.43. The van der Waals surface area contributed by atoms with Crippen molar-refractivity contribution in [3.8, 4) is 5.69 Å². The maximum absolute atomic E-state index is 12.2. The van der Waals surface area contributed by atoms with Gasteiger partial charge in [0.1, 0.15) is 0 Å². The number of halogens is 1. The lowest BCUT2D eigenvalue weighted by atomic mass is 10.2. The van der Waals surface area contributed by atoms with Crippen molar-refractivity contribution in [2.75, 3.05) is 5.32 Å². The first-order chi connectivity index (χ1) is 13.8. The topological polar surface area (TPSA) is 75.5 Å². The fourth-order valence-electron chi connectivity index (χ4n) is 3.04. The molecule has 0 fully saturated rings. The number of nitrogens with zero attached hydrogens (tertiary/aromatic N) is 2. The molecule has 0 saturated heterocycles. The Hall–Kier alpha value is -3.38. The van der Waals surface area contributed by atoms with E-state index in [1.54, 1.807) is 30.5 Å². The first kappa shape index (κ1) is 20.4. The highest BCUT2D eigenvalue weighted by Gasteiger charge is 2.10. The van der Waals surface area contributed by atoms with Gasteiger partial charge in [0.2, 0.25) is 5.91 Å². The third-order valence-electron chi connectivity index (χ3n) is 4.39. The molecule has 7 heteroatoms. The zero-order valence-electron chi connectivity index (χ0n) is 16.4. The van der Waals surface area contributed by atoms with Crippen molar-refractivity contribution in [1.82, 2.24) is 9.99 Å². The average Bonchev–Trinajstić information content (AvgIpc) is 2.96. The number of carbonyl (C=O) groups excluding carboxylic acids is 2. The molecular weight excluding hydrogens is 388 g/mol. The van der Waals surface area contributed by atoms with Gasteiger partial charge in [-0.3, -0.25) is 9.59 Å². The Morgan fingerprint density at radius 1 is 1.03 bits per heavy atom. The number of aryl methyl sites for hydroxylation is 1. The van der Waals surface area contributed by atoms with Crippen LogP contribution >= 0.6 is 11.6 Å². The van der Waals surface area contributed by atoms with Crippen molar-refractivity contribution >= 4 is 35.3 Å². The molecule has 0 aliphatic carbocycles. The normalized spacial score (nSPS) is 10.9. The fourth-order valence-corrected chi connectivity index (χ4v) is 3.16.